The lowest BCUT2D eigenvalue weighted by Crippen LogP contribution is -2.25. The summed E-state index contributed by atoms with van der Waals surface area (Å²) in [6.45, 7) is 4.49. The molecule has 0 amide bonds. The van der Waals surface area contributed by atoms with Crippen molar-refractivity contribution < 1.29 is 4.74 Å². The van der Waals surface area contributed by atoms with Gasteiger partial charge in [-0.15, -0.1) is 12.4 Å². The second-order valence-corrected chi connectivity index (χ2v) is 6.92. The van der Waals surface area contributed by atoms with Gasteiger partial charge in [0.1, 0.15) is 5.75 Å². The summed E-state index contributed by atoms with van der Waals surface area (Å²) in [4.78, 5) is 0. The molecular weight excluding hydrogens is 381 g/mol. The van der Waals surface area contributed by atoms with Gasteiger partial charge in [-0.25, -0.2) is 0 Å². The molecule has 0 bridgehead atoms. The minimum atomic E-state index is 0. The van der Waals surface area contributed by atoms with Crippen molar-refractivity contribution in [2.24, 2.45) is 0 Å². The second kappa shape index (κ2) is 10.4. The molecule has 3 rings (SSSR count). The summed E-state index contributed by atoms with van der Waals surface area (Å²) in [5, 5.41) is 9.31. The highest BCUT2D eigenvalue weighted by Gasteiger charge is 2.10. The van der Waals surface area contributed by atoms with Crippen molar-refractivity contribution in [2.75, 3.05) is 6.61 Å². The maximum atomic E-state index is 8.60. The Morgan fingerprint density at radius 2 is 1.48 bits per heavy atom. The molecule has 0 fully saturated rings. The molecule has 0 spiro atoms. The Labute approximate surface area is 171 Å². The Hall–Kier alpha value is -1.91. The van der Waals surface area contributed by atoms with Crippen LogP contribution in [-0.2, 0) is 13.1 Å². The van der Waals surface area contributed by atoms with Crippen LogP contribution < -0.4 is 10.4 Å². The number of rotatable bonds is 9. The number of para-hydroxylation sites is 2. The van der Waals surface area contributed by atoms with E-state index in [1.807, 2.05) is 36.4 Å². The zero-order chi connectivity index (χ0) is 18.4. The lowest BCUT2D eigenvalue weighted by atomic mass is 10.2. The first kappa shape index (κ1) is 21.4. The van der Waals surface area contributed by atoms with Gasteiger partial charge in [0.05, 0.1) is 17.6 Å². The van der Waals surface area contributed by atoms with Gasteiger partial charge in [0.15, 0.2) is 0 Å². The molecule has 0 aliphatic heterocycles. The highest BCUT2D eigenvalue weighted by atomic mass is 35.5. The van der Waals surface area contributed by atoms with Crippen LogP contribution in [0.15, 0.2) is 48.5 Å². The number of nitrogens with zero attached hydrogens (tertiary/aromatic N) is 2. The molecule has 0 atom stereocenters. The maximum absolute atomic E-state index is 8.60. The van der Waals surface area contributed by atoms with Gasteiger partial charge in [-0.3, -0.25) is 5.41 Å². The normalized spacial score (nSPS) is 10.7. The third-order valence-corrected chi connectivity index (χ3v) is 4.82. The average molecular weight is 408 g/mol. The lowest BCUT2D eigenvalue weighted by Gasteiger charge is -2.08. The van der Waals surface area contributed by atoms with Gasteiger partial charge < -0.3 is 13.9 Å². The van der Waals surface area contributed by atoms with Crippen molar-refractivity contribution in [3.8, 4) is 5.75 Å². The molecule has 1 heterocycles. The van der Waals surface area contributed by atoms with Gasteiger partial charge in [-0.2, -0.15) is 0 Å². The molecule has 3 aromatic rings. The topological polar surface area (TPSA) is 42.9 Å². The van der Waals surface area contributed by atoms with Gasteiger partial charge in [-0.1, -0.05) is 43.5 Å². The van der Waals surface area contributed by atoms with Crippen LogP contribution in [-0.4, -0.2) is 15.7 Å². The van der Waals surface area contributed by atoms with Crippen LogP contribution in [0.1, 0.15) is 32.6 Å². The minimum Gasteiger partial charge on any atom is -0.494 e. The molecule has 0 unspecified atom stereocenters. The summed E-state index contributed by atoms with van der Waals surface area (Å²) in [7, 11) is 0. The summed E-state index contributed by atoms with van der Waals surface area (Å²) in [5.74, 6) is 0.826. The number of imidazole rings is 1. The maximum Gasteiger partial charge on any atom is 0.202 e. The number of aryl methyl sites for hydroxylation is 2. The van der Waals surface area contributed by atoms with Crippen molar-refractivity contribution in [1.82, 2.24) is 9.13 Å². The first-order valence-electron chi connectivity index (χ1n) is 9.31. The molecule has 0 saturated carbocycles. The molecular formula is C21H27Cl2N3O. The van der Waals surface area contributed by atoms with Crippen LogP contribution in [0.2, 0.25) is 5.02 Å². The van der Waals surface area contributed by atoms with Crippen molar-refractivity contribution in [3.63, 3.8) is 0 Å². The van der Waals surface area contributed by atoms with E-state index in [2.05, 4.69) is 28.2 Å². The van der Waals surface area contributed by atoms with Crippen LogP contribution in [0.25, 0.3) is 11.0 Å². The Morgan fingerprint density at radius 3 is 2.07 bits per heavy atom. The van der Waals surface area contributed by atoms with Crippen molar-refractivity contribution in [1.29, 1.82) is 5.41 Å². The van der Waals surface area contributed by atoms with Gasteiger partial charge in [-0.05, 0) is 49.2 Å². The molecule has 0 aliphatic rings. The summed E-state index contributed by atoms with van der Waals surface area (Å²) in [5.41, 5.74) is 2.85. The van der Waals surface area contributed by atoms with E-state index in [1.54, 1.807) is 0 Å². The zero-order valence-corrected chi connectivity index (χ0v) is 17.2. The van der Waals surface area contributed by atoms with E-state index < -0.39 is 0 Å². The highest BCUT2D eigenvalue weighted by molar-refractivity contribution is 6.30. The van der Waals surface area contributed by atoms with Gasteiger partial charge in [0.2, 0.25) is 5.62 Å². The molecule has 0 saturated heterocycles. The fourth-order valence-electron chi connectivity index (χ4n) is 3.21. The van der Waals surface area contributed by atoms with E-state index >= 15 is 0 Å². The summed E-state index contributed by atoms with van der Waals surface area (Å²) in [6.07, 6.45) is 4.35. The van der Waals surface area contributed by atoms with E-state index in [0.29, 0.717) is 17.2 Å². The number of hydrogen-bond acceptors (Lipinski definition) is 2. The predicted octanol–water partition coefficient (Wildman–Crippen LogP) is 5.66. The average Bonchev–Trinajstić information content (AvgIpc) is 2.92. The van der Waals surface area contributed by atoms with Crippen LogP contribution >= 0.6 is 24.0 Å². The monoisotopic (exact) mass is 407 g/mol. The molecule has 146 valence electrons. The third kappa shape index (κ3) is 5.30. The number of halogens is 2. The van der Waals surface area contributed by atoms with Crippen molar-refractivity contribution >= 4 is 35.0 Å². The molecule has 2 aromatic carbocycles. The second-order valence-electron chi connectivity index (χ2n) is 6.48. The molecule has 0 aliphatic carbocycles. The number of hydrogen-bond donors (Lipinski definition) is 1. The SMILES string of the molecule is CCCCCn1c(=N)n(CCCOc2ccc(Cl)cc2)c2ccccc21.Cl. The Balaban J connectivity index is 0.00000261. The zero-order valence-electron chi connectivity index (χ0n) is 15.7. The molecule has 27 heavy (non-hydrogen) atoms. The summed E-state index contributed by atoms with van der Waals surface area (Å²) >= 11 is 5.89. The Kier molecular flexibility index (Phi) is 8.26. The van der Waals surface area contributed by atoms with E-state index in [4.69, 9.17) is 21.7 Å². The van der Waals surface area contributed by atoms with Crippen LogP contribution in [0.3, 0.4) is 0 Å². The number of unbranched alkanes of at least 4 members (excludes halogenated alkanes) is 2. The standard InChI is InChI=1S/C21H26ClN3O.ClH/c1-2-3-6-14-24-19-8-4-5-9-20(19)25(21(24)23)15-7-16-26-18-12-10-17(22)11-13-18;/h4-5,8-13,23H,2-3,6-7,14-16H2,1H3;1H. The molecule has 1 N–H and O–H groups in total. The number of ether oxygens (including phenoxy) is 1. The van der Waals surface area contributed by atoms with E-state index in [0.717, 1.165) is 42.7 Å². The molecule has 4 nitrogen and oxygen atoms in total. The van der Waals surface area contributed by atoms with Crippen LogP contribution in [0, 0.1) is 5.41 Å². The van der Waals surface area contributed by atoms with Crippen LogP contribution in [0.5, 0.6) is 5.75 Å². The number of nitrogens with one attached hydrogen (secondary N) is 1. The lowest BCUT2D eigenvalue weighted by molar-refractivity contribution is 0.301. The Bertz CT molecular complexity index is 900. The molecule has 6 heteroatoms. The number of benzene rings is 2. The van der Waals surface area contributed by atoms with E-state index in [9.17, 15) is 0 Å². The molecule has 0 radical (unpaired) electrons. The predicted molar refractivity (Wildman–Crippen MR) is 114 cm³/mol. The summed E-state index contributed by atoms with van der Waals surface area (Å²) < 4.78 is 10.0. The van der Waals surface area contributed by atoms with E-state index in [-0.39, 0.29) is 12.4 Å². The van der Waals surface area contributed by atoms with Crippen molar-refractivity contribution in [2.45, 2.75) is 45.7 Å². The van der Waals surface area contributed by atoms with E-state index in [1.165, 1.54) is 12.8 Å². The van der Waals surface area contributed by atoms with Crippen LogP contribution in [0.4, 0.5) is 0 Å². The Morgan fingerprint density at radius 1 is 0.889 bits per heavy atom. The smallest absolute Gasteiger partial charge is 0.202 e. The van der Waals surface area contributed by atoms with Crippen molar-refractivity contribution in [3.05, 3.63) is 59.2 Å². The first-order chi connectivity index (χ1) is 12.7. The fraction of sp³-hybridized carbons (Fsp3) is 0.381. The number of aromatic nitrogens is 2. The fourth-order valence-corrected chi connectivity index (χ4v) is 3.34. The highest BCUT2D eigenvalue weighted by Crippen LogP contribution is 2.17. The molecule has 1 aromatic heterocycles. The first-order valence-corrected chi connectivity index (χ1v) is 9.69. The third-order valence-electron chi connectivity index (χ3n) is 4.57. The summed E-state index contributed by atoms with van der Waals surface area (Å²) in [6, 6.07) is 15.7. The quantitative estimate of drug-likeness (QED) is 0.457. The minimum absolute atomic E-state index is 0. The van der Waals surface area contributed by atoms with Gasteiger partial charge >= 0.3 is 0 Å². The number of fused-ring (bicyclic) bond motifs is 1. The van der Waals surface area contributed by atoms with Gasteiger partial charge in [0, 0.05) is 18.1 Å². The van der Waals surface area contributed by atoms with Gasteiger partial charge in [0.25, 0.3) is 0 Å². The largest absolute Gasteiger partial charge is 0.494 e.